The Bertz CT molecular complexity index is 902. The van der Waals surface area contributed by atoms with Gasteiger partial charge in [-0.2, -0.15) is 0 Å². The molecule has 0 fully saturated rings. The van der Waals surface area contributed by atoms with Crippen molar-refractivity contribution in [3.63, 3.8) is 0 Å². The Morgan fingerprint density at radius 1 is 0.889 bits per heavy atom. The number of benzene rings is 3. The molecule has 0 bridgehead atoms. The maximum atomic E-state index is 11.9. The smallest absolute Gasteiger partial charge is 0.265 e. The number of amides is 1. The van der Waals surface area contributed by atoms with Crippen LogP contribution in [0.25, 0.3) is 0 Å². The Kier molecular flexibility index (Phi) is 6.30. The van der Waals surface area contributed by atoms with Crippen LogP contribution in [0.1, 0.15) is 21.5 Å². The monoisotopic (exact) mass is 382 g/mol. The molecule has 0 spiro atoms. The van der Waals surface area contributed by atoms with Crippen molar-refractivity contribution < 1.29 is 14.3 Å². The number of carbonyl (C=O) groups is 1. The van der Waals surface area contributed by atoms with Gasteiger partial charge in [0, 0.05) is 5.56 Å². The summed E-state index contributed by atoms with van der Waals surface area (Å²) in [6.45, 7) is 0.636. The number of hydrazine groups is 1. The first kappa shape index (κ1) is 18.8. The van der Waals surface area contributed by atoms with Gasteiger partial charge in [0.15, 0.2) is 11.5 Å². The lowest BCUT2D eigenvalue weighted by molar-refractivity contribution is 0.0953. The molecule has 0 saturated carbocycles. The number of ether oxygens (including phenoxy) is 2. The van der Waals surface area contributed by atoms with Gasteiger partial charge in [-0.1, -0.05) is 72.3 Å². The first-order valence-corrected chi connectivity index (χ1v) is 8.73. The first-order valence-electron chi connectivity index (χ1n) is 8.35. The minimum Gasteiger partial charge on any atom is -0.485 e. The zero-order valence-corrected chi connectivity index (χ0v) is 15.3. The maximum absolute atomic E-state index is 11.9. The lowest BCUT2D eigenvalue weighted by atomic mass is 10.2. The van der Waals surface area contributed by atoms with Gasteiger partial charge in [-0.3, -0.25) is 10.2 Å². The molecule has 3 N–H and O–H groups in total. The molecule has 1 amide bonds. The van der Waals surface area contributed by atoms with E-state index in [1.165, 1.54) is 6.07 Å². The Hall–Kier alpha value is -3.02. The predicted octanol–water partition coefficient (Wildman–Crippen LogP) is 4.10. The summed E-state index contributed by atoms with van der Waals surface area (Å²) in [5, 5.41) is 0.273. The van der Waals surface area contributed by atoms with Crippen molar-refractivity contribution in [2.75, 3.05) is 0 Å². The molecule has 0 aliphatic rings. The van der Waals surface area contributed by atoms with Crippen LogP contribution < -0.4 is 20.7 Å². The van der Waals surface area contributed by atoms with Gasteiger partial charge in [0.1, 0.15) is 13.2 Å². The molecule has 0 atom stereocenters. The van der Waals surface area contributed by atoms with Crippen molar-refractivity contribution in [1.29, 1.82) is 0 Å². The van der Waals surface area contributed by atoms with Crippen LogP contribution in [-0.4, -0.2) is 5.91 Å². The molecule has 0 saturated heterocycles. The summed E-state index contributed by atoms with van der Waals surface area (Å²) >= 11 is 6.36. The molecule has 0 aliphatic heterocycles. The number of halogens is 1. The van der Waals surface area contributed by atoms with E-state index in [1.807, 2.05) is 60.7 Å². The van der Waals surface area contributed by atoms with Crippen LogP contribution in [0.5, 0.6) is 11.5 Å². The third kappa shape index (κ3) is 5.00. The quantitative estimate of drug-likeness (QED) is 0.366. The maximum Gasteiger partial charge on any atom is 0.265 e. The molecule has 0 aliphatic carbocycles. The zero-order valence-electron chi connectivity index (χ0n) is 14.5. The van der Waals surface area contributed by atoms with Crippen molar-refractivity contribution in [2.45, 2.75) is 13.2 Å². The van der Waals surface area contributed by atoms with Crippen LogP contribution in [0.2, 0.25) is 5.02 Å². The molecule has 3 aromatic carbocycles. The number of hydrogen-bond donors (Lipinski definition) is 2. The van der Waals surface area contributed by atoms with E-state index in [2.05, 4.69) is 5.43 Å². The molecule has 3 aromatic rings. The molecule has 0 heterocycles. The van der Waals surface area contributed by atoms with E-state index in [0.29, 0.717) is 24.7 Å². The van der Waals surface area contributed by atoms with Crippen molar-refractivity contribution in [3.8, 4) is 11.5 Å². The Morgan fingerprint density at radius 2 is 1.44 bits per heavy atom. The van der Waals surface area contributed by atoms with Gasteiger partial charge in [-0.15, -0.1) is 0 Å². The van der Waals surface area contributed by atoms with Crippen LogP contribution in [0.3, 0.4) is 0 Å². The molecule has 27 heavy (non-hydrogen) atoms. The van der Waals surface area contributed by atoms with E-state index in [0.717, 1.165) is 11.1 Å². The number of nitrogens with one attached hydrogen (secondary N) is 1. The van der Waals surface area contributed by atoms with Gasteiger partial charge in [-0.05, 0) is 23.3 Å². The SMILES string of the molecule is NNC(=O)c1cc(Cl)c(OCc2ccccc2)c(OCc2ccccc2)c1. The van der Waals surface area contributed by atoms with Crippen LogP contribution in [-0.2, 0) is 13.2 Å². The fourth-order valence-corrected chi connectivity index (χ4v) is 2.76. The molecule has 138 valence electrons. The predicted molar refractivity (Wildman–Crippen MR) is 105 cm³/mol. The van der Waals surface area contributed by atoms with Gasteiger partial charge in [0.05, 0.1) is 5.02 Å². The minimum absolute atomic E-state index is 0.273. The molecule has 0 unspecified atom stereocenters. The fraction of sp³-hybridized carbons (Fsp3) is 0.0952. The normalized spacial score (nSPS) is 10.3. The number of rotatable bonds is 7. The molecule has 6 heteroatoms. The van der Waals surface area contributed by atoms with Gasteiger partial charge in [-0.25, -0.2) is 5.84 Å². The highest BCUT2D eigenvalue weighted by Crippen LogP contribution is 2.37. The summed E-state index contributed by atoms with van der Waals surface area (Å²) in [5.74, 6) is 5.52. The van der Waals surface area contributed by atoms with Crippen LogP contribution >= 0.6 is 11.6 Å². The number of carbonyl (C=O) groups excluding carboxylic acids is 1. The summed E-state index contributed by atoms with van der Waals surface area (Å²) in [6.07, 6.45) is 0. The molecule has 5 nitrogen and oxygen atoms in total. The highest BCUT2D eigenvalue weighted by molar-refractivity contribution is 6.32. The van der Waals surface area contributed by atoms with Crippen LogP contribution in [0.4, 0.5) is 0 Å². The average molecular weight is 383 g/mol. The van der Waals surface area contributed by atoms with Crippen LogP contribution in [0, 0.1) is 0 Å². The second kappa shape index (κ2) is 9.07. The summed E-state index contributed by atoms with van der Waals surface area (Å²) in [7, 11) is 0. The topological polar surface area (TPSA) is 73.6 Å². The second-order valence-electron chi connectivity index (χ2n) is 5.81. The zero-order chi connectivity index (χ0) is 19.1. The molecule has 3 rings (SSSR count). The number of nitrogens with two attached hydrogens (primary N) is 1. The van der Waals surface area contributed by atoms with Crippen molar-refractivity contribution in [2.24, 2.45) is 5.84 Å². The first-order chi connectivity index (χ1) is 13.2. The summed E-state index contributed by atoms with van der Waals surface area (Å²) < 4.78 is 11.8. The van der Waals surface area contributed by atoms with Crippen LogP contribution in [0.15, 0.2) is 72.8 Å². The van der Waals surface area contributed by atoms with E-state index < -0.39 is 5.91 Å². The summed E-state index contributed by atoms with van der Waals surface area (Å²) in [6, 6.07) is 22.5. The highest BCUT2D eigenvalue weighted by Gasteiger charge is 2.16. The van der Waals surface area contributed by atoms with Crippen molar-refractivity contribution >= 4 is 17.5 Å². The number of hydrogen-bond acceptors (Lipinski definition) is 4. The van der Waals surface area contributed by atoms with E-state index in [4.69, 9.17) is 26.9 Å². The third-order valence-electron chi connectivity index (χ3n) is 3.87. The van der Waals surface area contributed by atoms with Crippen molar-refractivity contribution in [3.05, 3.63) is 94.5 Å². The van der Waals surface area contributed by atoms with E-state index in [9.17, 15) is 4.79 Å². The van der Waals surface area contributed by atoms with Gasteiger partial charge < -0.3 is 9.47 Å². The second-order valence-corrected chi connectivity index (χ2v) is 6.21. The molecule has 0 aromatic heterocycles. The molecule has 0 radical (unpaired) electrons. The minimum atomic E-state index is -0.462. The van der Waals surface area contributed by atoms with Gasteiger partial charge in [0.25, 0.3) is 5.91 Å². The molecular weight excluding hydrogens is 364 g/mol. The Morgan fingerprint density at radius 3 is 2.00 bits per heavy atom. The highest BCUT2D eigenvalue weighted by atomic mass is 35.5. The standard InChI is InChI=1S/C21H19ClN2O3/c22-18-11-17(21(25)24-23)12-19(26-13-15-7-3-1-4-8-15)20(18)27-14-16-9-5-2-6-10-16/h1-12H,13-14,23H2,(H,24,25). The van der Waals surface area contributed by atoms with Gasteiger partial charge in [0.2, 0.25) is 0 Å². The van der Waals surface area contributed by atoms with E-state index in [1.54, 1.807) is 6.07 Å². The van der Waals surface area contributed by atoms with Crippen molar-refractivity contribution in [1.82, 2.24) is 5.43 Å². The van der Waals surface area contributed by atoms with E-state index in [-0.39, 0.29) is 10.6 Å². The summed E-state index contributed by atoms with van der Waals surface area (Å²) in [5.41, 5.74) is 4.36. The third-order valence-corrected chi connectivity index (χ3v) is 4.15. The van der Waals surface area contributed by atoms with Gasteiger partial charge >= 0.3 is 0 Å². The number of nitrogen functional groups attached to an aromatic ring is 1. The van der Waals surface area contributed by atoms with E-state index >= 15 is 0 Å². The average Bonchev–Trinajstić information content (AvgIpc) is 2.72. The largest absolute Gasteiger partial charge is 0.485 e. The lowest BCUT2D eigenvalue weighted by Crippen LogP contribution is -2.30. The Labute approximate surface area is 162 Å². The lowest BCUT2D eigenvalue weighted by Gasteiger charge is -2.16. The fourth-order valence-electron chi connectivity index (χ4n) is 2.49. The Balaban J connectivity index is 1.86. The molecular formula is C21H19ClN2O3. The summed E-state index contributed by atoms with van der Waals surface area (Å²) in [4.78, 5) is 11.9.